The number of pyridine rings is 2. The highest BCUT2D eigenvalue weighted by Gasteiger charge is 2.39. The van der Waals surface area contributed by atoms with Gasteiger partial charge in [0.2, 0.25) is 11.8 Å². The molecule has 0 saturated heterocycles. The summed E-state index contributed by atoms with van der Waals surface area (Å²) in [5.74, 6) is -2.25. The highest BCUT2D eigenvalue weighted by molar-refractivity contribution is 5.73. The fourth-order valence-corrected chi connectivity index (χ4v) is 5.83. The quantitative estimate of drug-likeness (QED) is 0.314. The maximum atomic E-state index is 14.9. The molecule has 0 aliphatic heterocycles. The number of rotatable bonds is 8. The molecule has 11 heteroatoms. The zero-order chi connectivity index (χ0) is 29.7. The van der Waals surface area contributed by atoms with Crippen molar-refractivity contribution in [2.24, 2.45) is 11.8 Å². The number of ether oxygens (including phenoxy) is 2. The fraction of sp³-hybridized carbons (Fsp3) is 0.433. The Morgan fingerprint density at radius 1 is 1.12 bits per heavy atom. The number of aliphatic carboxylic acids is 1. The van der Waals surface area contributed by atoms with Crippen LogP contribution in [0.5, 0.6) is 11.8 Å². The fourth-order valence-electron chi connectivity index (χ4n) is 5.83. The third kappa shape index (κ3) is 6.00. The molecule has 0 amide bonds. The molecule has 41 heavy (non-hydrogen) atoms. The average Bonchev–Trinajstić information content (AvgIpc) is 3.21. The minimum atomic E-state index is -4.82. The number of aromatic nitrogens is 2. The summed E-state index contributed by atoms with van der Waals surface area (Å²) in [6.45, 7) is 5.05. The number of nitrogens with zero attached hydrogens (tertiary/aromatic N) is 2. The van der Waals surface area contributed by atoms with Crippen molar-refractivity contribution in [1.29, 1.82) is 0 Å². The summed E-state index contributed by atoms with van der Waals surface area (Å²) in [7, 11) is 0. The largest absolute Gasteiger partial charge is 0.481 e. The molecule has 1 fully saturated rings. The smallest absolute Gasteiger partial charge is 0.417 e. The van der Waals surface area contributed by atoms with E-state index in [4.69, 9.17) is 9.47 Å². The topological polar surface area (TPSA) is 102 Å². The Hall–Kier alpha value is -3.73. The molecular weight excluding hydrogens is 544 g/mol. The molecule has 3 aromatic rings. The second-order valence-corrected chi connectivity index (χ2v) is 11.3. The Bertz CT molecular complexity index is 1480. The highest BCUT2D eigenvalue weighted by Crippen LogP contribution is 2.41. The predicted octanol–water partition coefficient (Wildman–Crippen LogP) is 6.09. The van der Waals surface area contributed by atoms with Crippen LogP contribution >= 0.6 is 0 Å². The van der Waals surface area contributed by atoms with Crippen molar-refractivity contribution in [2.75, 3.05) is 6.61 Å². The minimum absolute atomic E-state index is 0.108. The number of benzene rings is 1. The van der Waals surface area contributed by atoms with Gasteiger partial charge in [-0.25, -0.2) is 14.4 Å². The lowest BCUT2D eigenvalue weighted by molar-refractivity contribution is -0.142. The SMILES string of the molecule is Cc1nc(OCC2CC(C)(O)C2)ccc1-c1cc(COc2cc3c(cn2)[C@@H](C)[C@@H](C(=O)O)C3)c(F)cc1C(F)(F)F. The van der Waals surface area contributed by atoms with Crippen LogP contribution in [-0.2, 0) is 24.0 Å². The van der Waals surface area contributed by atoms with E-state index < -0.39 is 35.0 Å². The van der Waals surface area contributed by atoms with E-state index in [2.05, 4.69) is 9.97 Å². The van der Waals surface area contributed by atoms with E-state index in [1.165, 1.54) is 18.3 Å². The summed E-state index contributed by atoms with van der Waals surface area (Å²) in [6, 6.07) is 6.09. The zero-order valence-corrected chi connectivity index (χ0v) is 22.8. The standard InChI is InChI=1S/C30H30F4N2O5/c1-15-21(28(37)38)6-18-8-27(35-12-23(15)18)41-14-19-7-22(24(9-25(19)31)30(32,33)34)20-4-5-26(36-16(20)2)40-13-17-10-29(3,39)11-17/h4-5,7-9,12,15,17,21,39H,6,10-11,13-14H2,1-3H3,(H,37,38)/t15-,17?,21-,29?/m0/s1. The maximum absolute atomic E-state index is 14.9. The van der Waals surface area contributed by atoms with Crippen molar-refractivity contribution in [2.45, 2.75) is 64.3 Å². The molecule has 2 N–H and O–H groups in total. The van der Waals surface area contributed by atoms with Crippen LogP contribution in [0.15, 0.2) is 36.5 Å². The van der Waals surface area contributed by atoms with Crippen LogP contribution in [0.4, 0.5) is 17.6 Å². The van der Waals surface area contributed by atoms with Gasteiger partial charge in [-0.3, -0.25) is 4.79 Å². The third-order valence-corrected chi connectivity index (χ3v) is 7.99. The molecule has 7 nitrogen and oxygen atoms in total. The third-order valence-electron chi connectivity index (χ3n) is 7.99. The first-order valence-corrected chi connectivity index (χ1v) is 13.3. The number of alkyl halides is 3. The summed E-state index contributed by atoms with van der Waals surface area (Å²) in [5, 5.41) is 19.3. The molecule has 2 aromatic heterocycles. The summed E-state index contributed by atoms with van der Waals surface area (Å²) in [5.41, 5.74) is -0.196. The monoisotopic (exact) mass is 574 g/mol. The van der Waals surface area contributed by atoms with Gasteiger partial charge in [0.25, 0.3) is 0 Å². The molecule has 1 saturated carbocycles. The van der Waals surface area contributed by atoms with E-state index in [0.717, 1.165) is 17.2 Å². The number of aliphatic hydroxyl groups is 1. The van der Waals surface area contributed by atoms with Crippen LogP contribution < -0.4 is 9.47 Å². The van der Waals surface area contributed by atoms with Crippen molar-refractivity contribution >= 4 is 5.97 Å². The number of halogens is 4. The van der Waals surface area contributed by atoms with E-state index in [1.54, 1.807) is 26.8 Å². The van der Waals surface area contributed by atoms with Crippen LogP contribution in [0, 0.1) is 24.6 Å². The Morgan fingerprint density at radius 3 is 2.49 bits per heavy atom. The zero-order valence-electron chi connectivity index (χ0n) is 22.8. The molecule has 0 spiro atoms. The van der Waals surface area contributed by atoms with Crippen LogP contribution in [0.1, 0.15) is 60.6 Å². The summed E-state index contributed by atoms with van der Waals surface area (Å²) < 4.78 is 68.1. The van der Waals surface area contributed by atoms with Gasteiger partial charge < -0.3 is 19.7 Å². The second kappa shape index (κ2) is 10.6. The number of carbonyl (C=O) groups is 1. The van der Waals surface area contributed by atoms with Gasteiger partial charge in [-0.15, -0.1) is 0 Å². The van der Waals surface area contributed by atoms with Crippen molar-refractivity contribution in [3.8, 4) is 22.9 Å². The molecular formula is C30H30F4N2O5. The second-order valence-electron chi connectivity index (χ2n) is 11.3. The van der Waals surface area contributed by atoms with Gasteiger partial charge in [-0.1, -0.05) is 6.92 Å². The first-order valence-electron chi connectivity index (χ1n) is 13.3. The van der Waals surface area contributed by atoms with E-state index in [0.29, 0.717) is 31.9 Å². The lowest BCUT2D eigenvalue weighted by Crippen LogP contribution is -2.43. The number of carboxylic acid groups (broad SMARTS) is 1. The summed E-state index contributed by atoms with van der Waals surface area (Å²) >= 11 is 0. The van der Waals surface area contributed by atoms with Gasteiger partial charge in [0, 0.05) is 35.2 Å². The first-order chi connectivity index (χ1) is 19.2. The van der Waals surface area contributed by atoms with Gasteiger partial charge in [-0.05, 0) is 79.8 Å². The lowest BCUT2D eigenvalue weighted by Gasteiger charge is -2.40. The molecule has 2 aliphatic rings. The molecule has 0 radical (unpaired) electrons. The van der Waals surface area contributed by atoms with E-state index in [-0.39, 0.29) is 52.6 Å². The Kier molecular flexibility index (Phi) is 7.44. The molecule has 2 atom stereocenters. The number of hydrogen-bond acceptors (Lipinski definition) is 6. The highest BCUT2D eigenvalue weighted by atomic mass is 19.4. The van der Waals surface area contributed by atoms with E-state index in [1.807, 2.05) is 0 Å². The van der Waals surface area contributed by atoms with Crippen LogP contribution in [-0.4, -0.2) is 38.4 Å². The Balaban J connectivity index is 1.37. The van der Waals surface area contributed by atoms with Gasteiger partial charge in [0.1, 0.15) is 12.4 Å². The summed E-state index contributed by atoms with van der Waals surface area (Å²) in [4.78, 5) is 20.0. The first kappa shape index (κ1) is 28.8. The van der Waals surface area contributed by atoms with Gasteiger partial charge >= 0.3 is 12.1 Å². The number of carboxylic acids is 1. The predicted molar refractivity (Wildman–Crippen MR) is 140 cm³/mol. The van der Waals surface area contributed by atoms with Crippen LogP contribution in [0.2, 0.25) is 0 Å². The molecule has 0 bridgehead atoms. The van der Waals surface area contributed by atoms with Crippen molar-refractivity contribution < 1.29 is 42.0 Å². The lowest BCUT2D eigenvalue weighted by atomic mass is 9.73. The normalized spacial score (nSPS) is 23.6. The van der Waals surface area contributed by atoms with Gasteiger partial charge in [-0.2, -0.15) is 13.2 Å². The minimum Gasteiger partial charge on any atom is -0.481 e. The number of hydrogen-bond donors (Lipinski definition) is 2. The number of aryl methyl sites for hydroxylation is 1. The van der Waals surface area contributed by atoms with Crippen LogP contribution in [0.25, 0.3) is 11.1 Å². The molecule has 5 rings (SSSR count). The molecule has 2 heterocycles. The average molecular weight is 575 g/mol. The maximum Gasteiger partial charge on any atom is 0.417 e. The molecule has 218 valence electrons. The Morgan fingerprint density at radius 2 is 1.85 bits per heavy atom. The van der Waals surface area contributed by atoms with Gasteiger partial charge in [0.05, 0.1) is 23.7 Å². The van der Waals surface area contributed by atoms with Crippen molar-refractivity contribution in [3.63, 3.8) is 0 Å². The van der Waals surface area contributed by atoms with Gasteiger partial charge in [0.15, 0.2) is 0 Å². The Labute approximate surface area is 234 Å². The van der Waals surface area contributed by atoms with E-state index in [9.17, 15) is 32.6 Å². The van der Waals surface area contributed by atoms with Crippen LogP contribution in [0.3, 0.4) is 0 Å². The molecule has 0 unspecified atom stereocenters. The number of fused-ring (bicyclic) bond motifs is 1. The molecule has 2 aliphatic carbocycles. The summed E-state index contributed by atoms with van der Waals surface area (Å²) in [6.07, 6.45) is -1.79. The van der Waals surface area contributed by atoms with Crippen molar-refractivity contribution in [3.05, 3.63) is 70.3 Å². The van der Waals surface area contributed by atoms with E-state index >= 15 is 0 Å². The molecule has 1 aromatic carbocycles. The van der Waals surface area contributed by atoms with Crippen molar-refractivity contribution in [1.82, 2.24) is 9.97 Å².